The van der Waals surface area contributed by atoms with E-state index in [1.807, 2.05) is 26.8 Å². The van der Waals surface area contributed by atoms with E-state index in [-0.39, 0.29) is 5.41 Å². The van der Waals surface area contributed by atoms with E-state index >= 15 is 0 Å². The fraction of sp³-hybridized carbons (Fsp3) is 0.304. The van der Waals surface area contributed by atoms with Gasteiger partial charge < -0.3 is 0 Å². The van der Waals surface area contributed by atoms with Crippen molar-refractivity contribution in [2.24, 2.45) is 0 Å². The van der Waals surface area contributed by atoms with Gasteiger partial charge in [0.1, 0.15) is 11.6 Å². The SMILES string of the molecule is C/C=C(/C)S/C(=C(\C)c1ccc(C(C)(C)C)cc1)c1ccc(F)cc1F. The number of benzene rings is 2. The van der Waals surface area contributed by atoms with Crippen molar-refractivity contribution >= 4 is 22.2 Å². The molecule has 26 heavy (non-hydrogen) atoms. The lowest BCUT2D eigenvalue weighted by Gasteiger charge is -2.20. The Kier molecular flexibility index (Phi) is 6.46. The summed E-state index contributed by atoms with van der Waals surface area (Å²) >= 11 is 1.51. The highest BCUT2D eigenvalue weighted by Crippen LogP contribution is 2.40. The Labute approximate surface area is 160 Å². The molecule has 0 aliphatic heterocycles. The Bertz CT molecular complexity index is 838. The summed E-state index contributed by atoms with van der Waals surface area (Å²) in [4.78, 5) is 1.87. The maximum absolute atomic E-state index is 14.4. The average molecular weight is 373 g/mol. The molecule has 0 amide bonds. The number of rotatable bonds is 4. The van der Waals surface area contributed by atoms with Crippen LogP contribution in [0.1, 0.15) is 58.2 Å². The van der Waals surface area contributed by atoms with E-state index in [0.717, 1.165) is 27.0 Å². The van der Waals surface area contributed by atoms with Crippen molar-refractivity contribution in [3.8, 4) is 0 Å². The topological polar surface area (TPSA) is 0 Å². The van der Waals surface area contributed by atoms with E-state index in [1.165, 1.54) is 29.5 Å². The largest absolute Gasteiger partial charge is 0.207 e. The van der Waals surface area contributed by atoms with Crippen LogP contribution in [0, 0.1) is 11.6 Å². The number of halogens is 2. The molecule has 0 heterocycles. The molecule has 2 aromatic rings. The van der Waals surface area contributed by atoms with E-state index in [1.54, 1.807) is 0 Å². The number of thioether (sulfide) groups is 1. The van der Waals surface area contributed by atoms with Crippen LogP contribution in [0.3, 0.4) is 0 Å². The minimum Gasteiger partial charge on any atom is -0.207 e. The third-order valence-electron chi connectivity index (χ3n) is 4.37. The minimum absolute atomic E-state index is 0.0817. The summed E-state index contributed by atoms with van der Waals surface area (Å²) in [6, 6.07) is 12.1. The normalized spacial score (nSPS) is 13.6. The first-order chi connectivity index (χ1) is 12.1. The monoisotopic (exact) mass is 372 g/mol. The Hall–Kier alpha value is -1.87. The summed E-state index contributed by atoms with van der Waals surface area (Å²) in [6.45, 7) is 12.5. The van der Waals surface area contributed by atoms with Crippen LogP contribution in [0.5, 0.6) is 0 Å². The number of hydrogen-bond acceptors (Lipinski definition) is 1. The van der Waals surface area contributed by atoms with Crippen LogP contribution in [-0.4, -0.2) is 0 Å². The van der Waals surface area contributed by atoms with Crippen LogP contribution >= 0.6 is 11.8 Å². The van der Waals surface area contributed by atoms with Crippen molar-refractivity contribution in [1.82, 2.24) is 0 Å². The van der Waals surface area contributed by atoms with Gasteiger partial charge in [-0.25, -0.2) is 8.78 Å². The summed E-state index contributed by atoms with van der Waals surface area (Å²) in [6.07, 6.45) is 1.99. The van der Waals surface area contributed by atoms with E-state index in [9.17, 15) is 8.78 Å². The van der Waals surface area contributed by atoms with Gasteiger partial charge >= 0.3 is 0 Å². The van der Waals surface area contributed by atoms with Gasteiger partial charge in [0.15, 0.2) is 0 Å². The summed E-state index contributed by atoms with van der Waals surface area (Å²) in [5.41, 5.74) is 3.77. The van der Waals surface area contributed by atoms with Crippen molar-refractivity contribution in [2.45, 2.75) is 47.0 Å². The summed E-state index contributed by atoms with van der Waals surface area (Å²) in [5.74, 6) is -1.10. The third kappa shape index (κ3) is 4.85. The zero-order valence-corrected chi connectivity index (χ0v) is 17.1. The van der Waals surface area contributed by atoms with Crippen molar-refractivity contribution < 1.29 is 8.78 Å². The van der Waals surface area contributed by atoms with E-state index in [0.29, 0.717) is 5.56 Å². The van der Waals surface area contributed by atoms with Crippen molar-refractivity contribution in [3.05, 3.63) is 81.8 Å². The van der Waals surface area contributed by atoms with Crippen molar-refractivity contribution in [3.63, 3.8) is 0 Å². The molecule has 138 valence electrons. The molecule has 0 atom stereocenters. The second-order valence-corrected chi connectivity index (χ2v) is 8.66. The lowest BCUT2D eigenvalue weighted by molar-refractivity contribution is 0.581. The maximum Gasteiger partial charge on any atom is 0.134 e. The highest BCUT2D eigenvalue weighted by Gasteiger charge is 2.16. The summed E-state index contributed by atoms with van der Waals surface area (Å²) in [5, 5.41) is 0. The molecule has 2 aromatic carbocycles. The highest BCUT2D eigenvalue weighted by molar-refractivity contribution is 8.12. The highest BCUT2D eigenvalue weighted by atomic mass is 32.2. The molecule has 0 saturated carbocycles. The minimum atomic E-state index is -0.564. The average Bonchev–Trinajstić information content (AvgIpc) is 2.58. The lowest BCUT2D eigenvalue weighted by atomic mass is 9.86. The zero-order chi connectivity index (χ0) is 19.5. The standard InChI is InChI=1S/C23H26F2S/c1-7-15(2)26-22(20-13-12-19(24)14-21(20)25)16(3)17-8-10-18(11-9-17)23(4,5)6/h7-14H,1-6H3/b15-7-,22-16+. The molecule has 2 rings (SSSR count). The molecule has 0 aromatic heterocycles. The Morgan fingerprint density at radius 3 is 2.08 bits per heavy atom. The fourth-order valence-corrected chi connectivity index (χ4v) is 3.56. The van der Waals surface area contributed by atoms with Gasteiger partial charge in [-0.3, -0.25) is 0 Å². The summed E-state index contributed by atoms with van der Waals surface area (Å²) < 4.78 is 27.8. The van der Waals surface area contributed by atoms with E-state index < -0.39 is 11.6 Å². The molecular weight excluding hydrogens is 346 g/mol. The molecule has 0 nitrogen and oxygen atoms in total. The quantitative estimate of drug-likeness (QED) is 0.493. The Balaban J connectivity index is 2.58. The molecule has 0 radical (unpaired) electrons. The van der Waals surface area contributed by atoms with Gasteiger partial charge in [-0.05, 0) is 59.9 Å². The predicted octanol–water partition coefficient (Wildman–Crippen LogP) is 7.81. The fourth-order valence-electron chi connectivity index (χ4n) is 2.58. The first kappa shape index (κ1) is 20.4. The molecule has 0 aliphatic carbocycles. The molecule has 0 saturated heterocycles. The summed E-state index contributed by atoms with van der Waals surface area (Å²) in [7, 11) is 0. The zero-order valence-electron chi connectivity index (χ0n) is 16.3. The van der Waals surface area contributed by atoms with Gasteiger partial charge in [-0.1, -0.05) is 62.9 Å². The van der Waals surface area contributed by atoms with Crippen LogP contribution in [0.15, 0.2) is 53.4 Å². The molecule has 0 unspecified atom stereocenters. The van der Waals surface area contributed by atoms with Gasteiger partial charge in [0.2, 0.25) is 0 Å². The van der Waals surface area contributed by atoms with Gasteiger partial charge in [0.25, 0.3) is 0 Å². The first-order valence-electron chi connectivity index (χ1n) is 8.71. The van der Waals surface area contributed by atoms with Crippen LogP contribution in [0.2, 0.25) is 0 Å². The molecule has 0 N–H and O–H groups in total. The second-order valence-electron chi connectivity index (χ2n) is 7.41. The lowest BCUT2D eigenvalue weighted by Crippen LogP contribution is -2.10. The van der Waals surface area contributed by atoms with Crippen molar-refractivity contribution in [1.29, 1.82) is 0 Å². The smallest absolute Gasteiger partial charge is 0.134 e. The molecule has 0 aliphatic rings. The van der Waals surface area contributed by atoms with E-state index in [2.05, 4.69) is 45.0 Å². The maximum atomic E-state index is 14.4. The van der Waals surface area contributed by atoms with Crippen molar-refractivity contribution in [2.75, 3.05) is 0 Å². The number of hydrogen-bond donors (Lipinski definition) is 0. The van der Waals surface area contributed by atoms with Gasteiger partial charge in [0, 0.05) is 16.5 Å². The van der Waals surface area contributed by atoms with Gasteiger partial charge in [0.05, 0.1) is 0 Å². The van der Waals surface area contributed by atoms with Crippen LogP contribution < -0.4 is 0 Å². The molecule has 3 heteroatoms. The van der Waals surface area contributed by atoms with E-state index in [4.69, 9.17) is 0 Å². The molecule has 0 fully saturated rings. The molecular formula is C23H26F2S. The molecule has 0 bridgehead atoms. The van der Waals surface area contributed by atoms with Gasteiger partial charge in [-0.2, -0.15) is 0 Å². The van der Waals surface area contributed by atoms with Crippen LogP contribution in [0.25, 0.3) is 10.5 Å². The number of allylic oxidation sites excluding steroid dienone is 3. The van der Waals surface area contributed by atoms with Crippen LogP contribution in [0.4, 0.5) is 8.78 Å². The van der Waals surface area contributed by atoms with Gasteiger partial charge in [-0.15, -0.1) is 0 Å². The predicted molar refractivity (Wildman–Crippen MR) is 111 cm³/mol. The second kappa shape index (κ2) is 8.22. The Morgan fingerprint density at radius 2 is 1.58 bits per heavy atom. The first-order valence-corrected chi connectivity index (χ1v) is 9.53. The third-order valence-corrected chi connectivity index (χ3v) is 5.66. The molecule has 0 spiro atoms. The van der Waals surface area contributed by atoms with Crippen LogP contribution in [-0.2, 0) is 5.41 Å². The Morgan fingerprint density at radius 1 is 0.962 bits per heavy atom.